The summed E-state index contributed by atoms with van der Waals surface area (Å²) in [6.07, 6.45) is 0.0908. The summed E-state index contributed by atoms with van der Waals surface area (Å²) in [6, 6.07) is 6.18. The van der Waals surface area contributed by atoms with E-state index in [0.29, 0.717) is 13.2 Å². The largest absolute Gasteiger partial charge is 0.489 e. The van der Waals surface area contributed by atoms with Gasteiger partial charge in [0.2, 0.25) is 0 Å². The molecule has 106 valence electrons. The van der Waals surface area contributed by atoms with Crippen LogP contribution in [0.4, 0.5) is 4.39 Å². The zero-order valence-electron chi connectivity index (χ0n) is 11.3. The minimum atomic E-state index is -0.819. The average Bonchev–Trinajstić information content (AvgIpc) is 2.35. The molecule has 1 atom stereocenters. The molecule has 1 unspecified atom stereocenters. The van der Waals surface area contributed by atoms with Gasteiger partial charge in [-0.3, -0.25) is 9.69 Å². The summed E-state index contributed by atoms with van der Waals surface area (Å²) in [6.45, 7) is 5.45. The molecule has 0 heterocycles. The second-order valence-electron chi connectivity index (χ2n) is 4.35. The van der Waals surface area contributed by atoms with Gasteiger partial charge in [0, 0.05) is 12.6 Å². The van der Waals surface area contributed by atoms with Crippen molar-refractivity contribution >= 4 is 5.97 Å². The number of benzene rings is 1. The van der Waals surface area contributed by atoms with Crippen LogP contribution in [0.5, 0.6) is 5.75 Å². The van der Waals surface area contributed by atoms with Crippen LogP contribution >= 0.6 is 0 Å². The smallest absolute Gasteiger partial charge is 0.304 e. The van der Waals surface area contributed by atoms with Crippen LogP contribution in [-0.2, 0) is 4.79 Å². The molecule has 19 heavy (non-hydrogen) atoms. The highest BCUT2D eigenvalue weighted by atomic mass is 19.1. The molecule has 1 aromatic rings. The van der Waals surface area contributed by atoms with Crippen LogP contribution in [0.25, 0.3) is 0 Å². The van der Waals surface area contributed by atoms with E-state index in [9.17, 15) is 9.18 Å². The second kappa shape index (κ2) is 7.74. The summed E-state index contributed by atoms with van der Waals surface area (Å²) in [4.78, 5) is 12.7. The normalized spacial score (nSPS) is 12.4. The fourth-order valence-corrected chi connectivity index (χ4v) is 1.91. The summed E-state index contributed by atoms with van der Waals surface area (Å²) in [5.74, 6) is -0.977. The number of rotatable bonds is 8. The van der Waals surface area contributed by atoms with Crippen LogP contribution < -0.4 is 4.74 Å². The van der Waals surface area contributed by atoms with Gasteiger partial charge in [0.15, 0.2) is 11.6 Å². The Morgan fingerprint density at radius 2 is 2.16 bits per heavy atom. The van der Waals surface area contributed by atoms with Gasteiger partial charge in [-0.2, -0.15) is 0 Å². The molecule has 4 nitrogen and oxygen atoms in total. The van der Waals surface area contributed by atoms with Gasteiger partial charge < -0.3 is 9.84 Å². The van der Waals surface area contributed by atoms with Crippen LogP contribution in [0, 0.1) is 5.82 Å². The number of ether oxygens (including phenoxy) is 1. The molecule has 1 aromatic carbocycles. The van der Waals surface area contributed by atoms with Crippen molar-refractivity contribution in [1.29, 1.82) is 0 Å². The maximum atomic E-state index is 13.3. The molecule has 0 amide bonds. The van der Waals surface area contributed by atoms with Gasteiger partial charge in [0.25, 0.3) is 0 Å². The Balaban J connectivity index is 2.42. The number of para-hydroxylation sites is 1. The quantitative estimate of drug-likeness (QED) is 0.787. The van der Waals surface area contributed by atoms with Gasteiger partial charge in [-0.25, -0.2) is 4.39 Å². The van der Waals surface area contributed by atoms with Gasteiger partial charge in [-0.05, 0) is 25.6 Å². The van der Waals surface area contributed by atoms with E-state index in [-0.39, 0.29) is 24.0 Å². The van der Waals surface area contributed by atoms with Crippen molar-refractivity contribution in [3.63, 3.8) is 0 Å². The lowest BCUT2D eigenvalue weighted by Crippen LogP contribution is -2.37. The topological polar surface area (TPSA) is 49.8 Å². The molecule has 0 aliphatic heterocycles. The number of hydrogen-bond acceptors (Lipinski definition) is 3. The molecular formula is C14H20FNO3. The van der Waals surface area contributed by atoms with Gasteiger partial charge in [-0.1, -0.05) is 19.1 Å². The third-order valence-corrected chi connectivity index (χ3v) is 2.97. The Bertz CT molecular complexity index is 411. The van der Waals surface area contributed by atoms with Crippen LogP contribution in [0.2, 0.25) is 0 Å². The predicted octanol–water partition coefficient (Wildman–Crippen LogP) is 2.39. The van der Waals surface area contributed by atoms with Crippen molar-refractivity contribution in [1.82, 2.24) is 4.90 Å². The van der Waals surface area contributed by atoms with Crippen LogP contribution in [0.3, 0.4) is 0 Å². The number of carbonyl (C=O) groups is 1. The van der Waals surface area contributed by atoms with E-state index in [1.165, 1.54) is 6.07 Å². The van der Waals surface area contributed by atoms with Crippen molar-refractivity contribution in [2.45, 2.75) is 26.3 Å². The summed E-state index contributed by atoms with van der Waals surface area (Å²) in [7, 11) is 0. The number of nitrogens with zero attached hydrogens (tertiary/aromatic N) is 1. The van der Waals surface area contributed by atoms with Gasteiger partial charge in [0.1, 0.15) is 6.61 Å². The van der Waals surface area contributed by atoms with Crippen LogP contribution in [0.1, 0.15) is 20.3 Å². The fraction of sp³-hybridized carbons (Fsp3) is 0.500. The summed E-state index contributed by atoms with van der Waals surface area (Å²) < 4.78 is 18.7. The van der Waals surface area contributed by atoms with E-state index in [4.69, 9.17) is 9.84 Å². The van der Waals surface area contributed by atoms with Crippen molar-refractivity contribution < 1.29 is 19.0 Å². The molecule has 1 rings (SSSR count). The van der Waals surface area contributed by atoms with Crippen molar-refractivity contribution in [2.24, 2.45) is 0 Å². The number of likely N-dealkylation sites (N-methyl/N-ethyl adjacent to an activating group) is 1. The Hall–Kier alpha value is -1.62. The highest BCUT2D eigenvalue weighted by Crippen LogP contribution is 2.15. The SMILES string of the molecule is CCN(CCOc1ccccc1F)C(C)CC(=O)O. The van der Waals surface area contributed by atoms with Gasteiger partial charge >= 0.3 is 5.97 Å². The molecular weight excluding hydrogens is 249 g/mol. The minimum absolute atomic E-state index is 0.0632. The van der Waals surface area contributed by atoms with Crippen molar-refractivity contribution in [2.75, 3.05) is 19.7 Å². The first kappa shape index (κ1) is 15.4. The molecule has 0 fully saturated rings. The van der Waals surface area contributed by atoms with Crippen LogP contribution in [0.15, 0.2) is 24.3 Å². The van der Waals surface area contributed by atoms with Gasteiger partial charge in [0.05, 0.1) is 6.42 Å². The third-order valence-electron chi connectivity index (χ3n) is 2.97. The summed E-state index contributed by atoms with van der Waals surface area (Å²) in [5, 5.41) is 8.76. The van der Waals surface area contributed by atoms with Crippen molar-refractivity contribution in [3.05, 3.63) is 30.1 Å². The molecule has 0 aliphatic carbocycles. The average molecular weight is 269 g/mol. The molecule has 0 saturated heterocycles. The number of hydrogen-bond donors (Lipinski definition) is 1. The molecule has 0 radical (unpaired) electrons. The van der Waals surface area contributed by atoms with E-state index >= 15 is 0 Å². The highest BCUT2D eigenvalue weighted by Gasteiger charge is 2.15. The lowest BCUT2D eigenvalue weighted by Gasteiger charge is -2.26. The fourth-order valence-electron chi connectivity index (χ4n) is 1.91. The first-order valence-corrected chi connectivity index (χ1v) is 6.37. The van der Waals surface area contributed by atoms with E-state index in [1.807, 2.05) is 18.7 Å². The predicted molar refractivity (Wildman–Crippen MR) is 70.9 cm³/mol. The van der Waals surface area contributed by atoms with Crippen LogP contribution in [-0.4, -0.2) is 41.7 Å². The standard InChI is InChI=1S/C14H20FNO3/c1-3-16(11(2)10-14(17)18)8-9-19-13-7-5-4-6-12(13)15/h4-7,11H,3,8-10H2,1-2H3,(H,17,18). The molecule has 0 aliphatic rings. The van der Waals surface area contributed by atoms with E-state index in [0.717, 1.165) is 6.54 Å². The Morgan fingerprint density at radius 1 is 1.47 bits per heavy atom. The molecule has 1 N–H and O–H groups in total. The van der Waals surface area contributed by atoms with Gasteiger partial charge in [-0.15, -0.1) is 0 Å². The third kappa shape index (κ3) is 5.26. The number of aliphatic carboxylic acids is 1. The van der Waals surface area contributed by atoms with E-state index < -0.39 is 5.97 Å². The maximum Gasteiger partial charge on any atom is 0.304 e. The lowest BCUT2D eigenvalue weighted by atomic mass is 10.2. The molecule has 0 aromatic heterocycles. The zero-order valence-corrected chi connectivity index (χ0v) is 11.3. The monoisotopic (exact) mass is 269 g/mol. The zero-order chi connectivity index (χ0) is 14.3. The molecule has 0 saturated carbocycles. The van der Waals surface area contributed by atoms with Crippen molar-refractivity contribution in [3.8, 4) is 5.75 Å². The molecule has 0 spiro atoms. The van der Waals surface area contributed by atoms with E-state index in [2.05, 4.69) is 0 Å². The Labute approximate surface area is 112 Å². The first-order chi connectivity index (χ1) is 9.04. The lowest BCUT2D eigenvalue weighted by molar-refractivity contribution is -0.138. The number of halogens is 1. The number of carboxylic acid groups (broad SMARTS) is 1. The Morgan fingerprint density at radius 3 is 2.74 bits per heavy atom. The van der Waals surface area contributed by atoms with E-state index in [1.54, 1.807) is 18.2 Å². The minimum Gasteiger partial charge on any atom is -0.489 e. The highest BCUT2D eigenvalue weighted by molar-refractivity contribution is 5.67. The number of carboxylic acids is 1. The maximum absolute atomic E-state index is 13.3. The summed E-state index contributed by atoms with van der Waals surface area (Å²) >= 11 is 0. The molecule has 5 heteroatoms. The Kier molecular flexibility index (Phi) is 6.29. The summed E-state index contributed by atoms with van der Waals surface area (Å²) in [5.41, 5.74) is 0. The first-order valence-electron chi connectivity index (χ1n) is 6.37. The molecule has 0 bridgehead atoms. The second-order valence-corrected chi connectivity index (χ2v) is 4.35.